The number of benzene rings is 1. The van der Waals surface area contributed by atoms with Crippen LogP contribution in [0.25, 0.3) is 0 Å². The van der Waals surface area contributed by atoms with E-state index in [1.54, 1.807) is 6.20 Å². The van der Waals surface area contributed by atoms with Crippen molar-refractivity contribution in [2.45, 2.75) is 51.3 Å². The van der Waals surface area contributed by atoms with Gasteiger partial charge in [0.1, 0.15) is 11.4 Å². The number of rotatable bonds is 4. The highest BCUT2D eigenvalue weighted by Crippen LogP contribution is 2.41. The van der Waals surface area contributed by atoms with Gasteiger partial charge in [-0.3, -0.25) is 4.79 Å². The van der Waals surface area contributed by atoms with Crippen molar-refractivity contribution in [1.82, 2.24) is 14.9 Å². The van der Waals surface area contributed by atoms with E-state index in [-0.39, 0.29) is 24.2 Å². The average Bonchev–Trinajstić information content (AvgIpc) is 3.14. The smallest absolute Gasteiger partial charge is 0.258 e. The van der Waals surface area contributed by atoms with E-state index in [0.717, 1.165) is 42.9 Å². The molecule has 1 amide bonds. The van der Waals surface area contributed by atoms with E-state index in [0.29, 0.717) is 5.75 Å². The number of aromatic nitrogens is 2. The van der Waals surface area contributed by atoms with Gasteiger partial charge in [-0.05, 0) is 26.3 Å². The molecule has 1 N–H and O–H groups in total. The Morgan fingerprint density at radius 3 is 3.24 bits per heavy atom. The molecule has 1 aromatic heterocycles. The minimum absolute atomic E-state index is 0.00642. The van der Waals surface area contributed by atoms with Crippen molar-refractivity contribution in [3.8, 4) is 11.5 Å². The van der Waals surface area contributed by atoms with Crippen molar-refractivity contribution < 1.29 is 14.3 Å². The number of carbonyl (C=O) groups excluding carboxylic acids is 1. The van der Waals surface area contributed by atoms with Gasteiger partial charge in [0.15, 0.2) is 18.1 Å². The first-order valence-electron chi connectivity index (χ1n) is 8.73. The van der Waals surface area contributed by atoms with Crippen LogP contribution in [-0.2, 0) is 24.2 Å². The average molecular weight is 341 g/mol. The number of para-hydroxylation sites is 1. The Labute approximate surface area is 147 Å². The third-order valence-corrected chi connectivity index (χ3v) is 4.71. The summed E-state index contributed by atoms with van der Waals surface area (Å²) in [6.07, 6.45) is 6.40. The van der Waals surface area contributed by atoms with Gasteiger partial charge in [-0.2, -0.15) is 0 Å². The molecule has 2 aromatic rings. The number of aryl methyl sites for hydroxylation is 1. The van der Waals surface area contributed by atoms with Crippen molar-refractivity contribution in [2.75, 3.05) is 6.61 Å². The van der Waals surface area contributed by atoms with Gasteiger partial charge in [-0.15, -0.1) is 0 Å². The zero-order chi connectivity index (χ0) is 17.4. The monoisotopic (exact) mass is 341 g/mol. The number of carbonyl (C=O) groups is 1. The molecule has 4 rings (SSSR count). The highest BCUT2D eigenvalue weighted by atomic mass is 16.5. The van der Waals surface area contributed by atoms with Crippen LogP contribution in [0, 0.1) is 0 Å². The van der Waals surface area contributed by atoms with Crippen LogP contribution >= 0.6 is 0 Å². The predicted molar refractivity (Wildman–Crippen MR) is 92.8 cm³/mol. The van der Waals surface area contributed by atoms with Crippen LogP contribution in [0.1, 0.15) is 31.7 Å². The highest BCUT2D eigenvalue weighted by Gasteiger charge is 2.32. The maximum absolute atomic E-state index is 12.3. The van der Waals surface area contributed by atoms with E-state index >= 15 is 0 Å². The molecular weight excluding hydrogens is 318 g/mol. The van der Waals surface area contributed by atoms with Gasteiger partial charge in [0.2, 0.25) is 0 Å². The van der Waals surface area contributed by atoms with Gasteiger partial charge in [-0.1, -0.05) is 12.1 Å². The minimum atomic E-state index is -0.228. The highest BCUT2D eigenvalue weighted by molar-refractivity contribution is 5.78. The summed E-state index contributed by atoms with van der Waals surface area (Å²) in [6, 6.07) is 5.96. The van der Waals surface area contributed by atoms with Crippen molar-refractivity contribution in [1.29, 1.82) is 0 Å². The van der Waals surface area contributed by atoms with Crippen molar-refractivity contribution >= 4 is 5.91 Å². The van der Waals surface area contributed by atoms with Gasteiger partial charge in [0, 0.05) is 43.4 Å². The summed E-state index contributed by atoms with van der Waals surface area (Å²) in [7, 11) is 0. The molecule has 0 unspecified atom stereocenters. The third-order valence-electron chi connectivity index (χ3n) is 4.71. The van der Waals surface area contributed by atoms with Crippen LogP contribution in [-0.4, -0.2) is 33.7 Å². The number of nitrogens with one attached hydrogen (secondary N) is 1. The van der Waals surface area contributed by atoms with E-state index in [1.165, 1.54) is 0 Å². The van der Waals surface area contributed by atoms with E-state index in [4.69, 9.17) is 9.47 Å². The summed E-state index contributed by atoms with van der Waals surface area (Å²) in [5.74, 6) is 2.38. The SMILES string of the molecule is CC1(C)Cc2cccc(OCC(=O)N[C@H]3CCc4nccn4C3)c2O1. The molecule has 0 saturated carbocycles. The minimum Gasteiger partial charge on any atom is -0.483 e. The number of imidazole rings is 1. The second-order valence-electron chi connectivity index (χ2n) is 7.37. The maximum Gasteiger partial charge on any atom is 0.258 e. The fraction of sp³-hybridized carbons (Fsp3) is 0.474. The Kier molecular flexibility index (Phi) is 3.90. The van der Waals surface area contributed by atoms with E-state index in [2.05, 4.69) is 28.7 Å². The molecule has 2 aliphatic rings. The maximum atomic E-state index is 12.3. The molecule has 2 aliphatic heterocycles. The first-order chi connectivity index (χ1) is 12.0. The molecule has 0 radical (unpaired) electrons. The summed E-state index contributed by atoms with van der Waals surface area (Å²) >= 11 is 0. The lowest BCUT2D eigenvalue weighted by Gasteiger charge is -2.24. The van der Waals surface area contributed by atoms with Gasteiger partial charge < -0.3 is 19.4 Å². The molecule has 0 fully saturated rings. The molecule has 1 aromatic carbocycles. The first kappa shape index (κ1) is 16.0. The molecule has 1 atom stereocenters. The molecule has 25 heavy (non-hydrogen) atoms. The zero-order valence-corrected chi connectivity index (χ0v) is 14.6. The second-order valence-corrected chi connectivity index (χ2v) is 7.37. The Morgan fingerprint density at radius 2 is 2.36 bits per heavy atom. The molecule has 0 spiro atoms. The van der Waals surface area contributed by atoms with E-state index in [1.807, 2.05) is 24.4 Å². The summed E-state index contributed by atoms with van der Waals surface area (Å²) < 4.78 is 13.8. The number of amides is 1. The summed E-state index contributed by atoms with van der Waals surface area (Å²) in [5, 5.41) is 3.05. The largest absolute Gasteiger partial charge is 0.483 e. The molecule has 132 valence electrons. The summed E-state index contributed by atoms with van der Waals surface area (Å²) in [5.41, 5.74) is 0.900. The molecule has 0 saturated heterocycles. The fourth-order valence-electron chi connectivity index (χ4n) is 3.60. The Bertz CT molecular complexity index is 797. The molecule has 0 aliphatic carbocycles. The van der Waals surface area contributed by atoms with E-state index < -0.39 is 0 Å². The quantitative estimate of drug-likeness (QED) is 0.925. The third kappa shape index (κ3) is 3.34. The van der Waals surface area contributed by atoms with Crippen LogP contribution in [0.3, 0.4) is 0 Å². The Morgan fingerprint density at radius 1 is 1.48 bits per heavy atom. The van der Waals surface area contributed by atoms with Crippen molar-refractivity contribution in [3.63, 3.8) is 0 Å². The van der Waals surface area contributed by atoms with Crippen LogP contribution in [0.15, 0.2) is 30.6 Å². The number of nitrogens with zero attached hydrogens (tertiary/aromatic N) is 2. The van der Waals surface area contributed by atoms with Gasteiger partial charge >= 0.3 is 0 Å². The predicted octanol–water partition coefficient (Wildman–Crippen LogP) is 2.11. The van der Waals surface area contributed by atoms with Gasteiger partial charge in [-0.25, -0.2) is 4.98 Å². The number of ether oxygens (including phenoxy) is 2. The van der Waals surface area contributed by atoms with Crippen molar-refractivity contribution in [2.24, 2.45) is 0 Å². The number of fused-ring (bicyclic) bond motifs is 2. The normalized spacial score (nSPS) is 20.3. The zero-order valence-electron chi connectivity index (χ0n) is 14.6. The van der Waals surface area contributed by atoms with E-state index in [9.17, 15) is 4.79 Å². The van der Waals surface area contributed by atoms with Crippen molar-refractivity contribution in [3.05, 3.63) is 42.0 Å². The standard InChI is InChI=1S/C19H23N3O3/c1-19(2)10-13-4-3-5-15(18(13)25-19)24-12-17(23)21-14-6-7-16-20-8-9-22(16)11-14/h3-5,8-9,14H,6-7,10-12H2,1-2H3,(H,21,23)/t14-/m0/s1. The molecule has 0 bridgehead atoms. The fourth-order valence-corrected chi connectivity index (χ4v) is 3.60. The lowest BCUT2D eigenvalue weighted by atomic mass is 10.0. The lowest BCUT2D eigenvalue weighted by Crippen LogP contribution is -2.42. The lowest BCUT2D eigenvalue weighted by molar-refractivity contribution is -0.124. The Balaban J connectivity index is 1.34. The number of hydrogen-bond acceptors (Lipinski definition) is 4. The molecule has 3 heterocycles. The van der Waals surface area contributed by atoms with Crippen LogP contribution < -0.4 is 14.8 Å². The molecular formula is C19H23N3O3. The van der Waals surface area contributed by atoms with Crippen LogP contribution in [0.2, 0.25) is 0 Å². The first-order valence-corrected chi connectivity index (χ1v) is 8.73. The molecule has 6 nitrogen and oxygen atoms in total. The summed E-state index contributed by atoms with van der Waals surface area (Å²) in [4.78, 5) is 16.6. The second kappa shape index (κ2) is 6.10. The van der Waals surface area contributed by atoms with Gasteiger partial charge in [0.25, 0.3) is 5.91 Å². The summed E-state index contributed by atoms with van der Waals surface area (Å²) in [6.45, 7) is 4.86. The number of hydrogen-bond donors (Lipinski definition) is 1. The molecule has 6 heteroatoms. The Hall–Kier alpha value is -2.50. The van der Waals surface area contributed by atoms with Crippen LogP contribution in [0.4, 0.5) is 0 Å². The topological polar surface area (TPSA) is 65.4 Å². The van der Waals surface area contributed by atoms with Crippen LogP contribution in [0.5, 0.6) is 11.5 Å². The van der Waals surface area contributed by atoms with Gasteiger partial charge in [0.05, 0.1) is 0 Å².